The Bertz CT molecular complexity index is 1140. The summed E-state index contributed by atoms with van der Waals surface area (Å²) in [4.78, 5) is 49.8. The van der Waals surface area contributed by atoms with E-state index in [0.717, 1.165) is 18.6 Å². The van der Waals surface area contributed by atoms with Gasteiger partial charge in [-0.25, -0.2) is 5.43 Å². The van der Waals surface area contributed by atoms with E-state index in [1.807, 2.05) is 58.9 Å². The highest BCUT2D eigenvalue weighted by Gasteiger charge is 2.33. The average Bonchev–Trinajstić information content (AvgIpc) is 3.00. The lowest BCUT2D eigenvalue weighted by Crippen LogP contribution is -2.61. The molecular formula is C35H57N5O5. The zero-order chi connectivity index (χ0) is 34.1. The van der Waals surface area contributed by atoms with Crippen LogP contribution in [-0.4, -0.2) is 59.9 Å². The van der Waals surface area contributed by atoms with Gasteiger partial charge in [-0.15, -0.1) is 0 Å². The molecule has 1 aromatic rings. The van der Waals surface area contributed by atoms with Crippen molar-refractivity contribution in [2.24, 2.45) is 29.4 Å². The van der Waals surface area contributed by atoms with Crippen LogP contribution >= 0.6 is 0 Å². The smallest absolute Gasteiger partial charge is 0.258 e. The summed E-state index contributed by atoms with van der Waals surface area (Å²) in [6.45, 7) is 20.1. The van der Waals surface area contributed by atoms with Crippen LogP contribution in [0.25, 0.3) is 0 Å². The molecule has 5 N–H and O–H groups in total. The highest BCUT2D eigenvalue weighted by Crippen LogP contribution is 2.19. The van der Waals surface area contributed by atoms with Crippen LogP contribution in [0.3, 0.4) is 0 Å². The van der Waals surface area contributed by atoms with E-state index in [1.54, 1.807) is 13.0 Å². The van der Waals surface area contributed by atoms with Gasteiger partial charge in [0, 0.05) is 12.5 Å². The number of amides is 4. The first-order valence-corrected chi connectivity index (χ1v) is 16.2. The number of hydrogen-bond acceptors (Lipinski definition) is 6. The van der Waals surface area contributed by atoms with E-state index in [4.69, 9.17) is 10.5 Å². The molecule has 1 fully saturated rings. The fourth-order valence-electron chi connectivity index (χ4n) is 5.06. The number of hydrogen-bond donors (Lipinski definition) is 4. The van der Waals surface area contributed by atoms with Crippen molar-refractivity contribution in [3.8, 4) is 5.75 Å². The SMILES string of the molecule is C/C=C/C(CC)C(C)C(=O)NC(C(=O)NC(C)C(=O)N1CCCC(C(N)=O)N1)C(C)C.C=CCOc1cccc(CC(C)C)c1. The third-order valence-corrected chi connectivity index (χ3v) is 7.65. The molecule has 1 heterocycles. The lowest BCUT2D eigenvalue weighted by molar-refractivity contribution is -0.143. The van der Waals surface area contributed by atoms with E-state index in [0.29, 0.717) is 31.9 Å². The molecule has 10 heteroatoms. The summed E-state index contributed by atoms with van der Waals surface area (Å²) in [5.74, 6) is -0.226. The number of carbonyl (C=O) groups is 4. The van der Waals surface area contributed by atoms with Crippen molar-refractivity contribution >= 4 is 23.6 Å². The highest BCUT2D eigenvalue weighted by atomic mass is 16.5. The molecule has 2 rings (SSSR count). The lowest BCUT2D eigenvalue weighted by Gasteiger charge is -2.34. The predicted molar refractivity (Wildman–Crippen MR) is 180 cm³/mol. The maximum absolute atomic E-state index is 12.9. The molecule has 5 unspecified atom stereocenters. The largest absolute Gasteiger partial charge is 0.490 e. The van der Waals surface area contributed by atoms with Crippen LogP contribution < -0.4 is 26.5 Å². The first-order valence-electron chi connectivity index (χ1n) is 16.2. The molecule has 5 atom stereocenters. The number of benzene rings is 1. The van der Waals surface area contributed by atoms with E-state index in [9.17, 15) is 19.2 Å². The van der Waals surface area contributed by atoms with Gasteiger partial charge in [-0.05, 0) is 75.0 Å². The Morgan fingerprint density at radius 3 is 2.36 bits per heavy atom. The van der Waals surface area contributed by atoms with Crippen LogP contribution in [0.1, 0.15) is 80.2 Å². The molecule has 0 aliphatic carbocycles. The molecule has 0 spiro atoms. The molecule has 0 aromatic heterocycles. The Morgan fingerprint density at radius 2 is 1.80 bits per heavy atom. The zero-order valence-electron chi connectivity index (χ0n) is 28.6. The maximum atomic E-state index is 12.9. The van der Waals surface area contributed by atoms with Gasteiger partial charge >= 0.3 is 0 Å². The van der Waals surface area contributed by atoms with Crippen LogP contribution in [0.4, 0.5) is 0 Å². The Labute approximate surface area is 270 Å². The molecule has 1 saturated heterocycles. The number of nitrogens with zero attached hydrogens (tertiary/aromatic N) is 1. The zero-order valence-corrected chi connectivity index (χ0v) is 28.6. The third kappa shape index (κ3) is 13.9. The van der Waals surface area contributed by atoms with Crippen LogP contribution in [0.5, 0.6) is 5.75 Å². The third-order valence-electron chi connectivity index (χ3n) is 7.65. The molecule has 4 amide bonds. The summed E-state index contributed by atoms with van der Waals surface area (Å²) >= 11 is 0. The fraction of sp³-hybridized carbons (Fsp3) is 0.600. The Balaban J connectivity index is 0.000000600. The second-order valence-electron chi connectivity index (χ2n) is 12.4. The standard InChI is InChI=1S/C22H39N5O4.C13H18O/c1-7-10-16(8-2)14(5)20(29)25-18(13(3)4)21(30)24-15(6)22(31)27-12-9-11-17(26-27)19(23)28;1-4-8-14-13-7-5-6-12(10-13)9-11(2)3/h7,10,13-18,26H,8-9,11-12H2,1-6H3,(H2,23,28)(H,24,30)(H,25,29);4-7,10-11H,1,8-9H2,2-3H3/b10-7+;. The van der Waals surface area contributed by atoms with E-state index in [-0.39, 0.29) is 29.6 Å². The Kier molecular flexibility index (Phi) is 17.8. The summed E-state index contributed by atoms with van der Waals surface area (Å²) in [5, 5.41) is 6.88. The molecular weight excluding hydrogens is 570 g/mol. The number of nitrogens with one attached hydrogen (secondary N) is 3. The van der Waals surface area contributed by atoms with Crippen molar-refractivity contribution < 1.29 is 23.9 Å². The monoisotopic (exact) mass is 627 g/mol. The summed E-state index contributed by atoms with van der Waals surface area (Å²) in [6, 6.07) is 6.07. The molecule has 0 radical (unpaired) electrons. The highest BCUT2D eigenvalue weighted by molar-refractivity contribution is 5.92. The van der Waals surface area contributed by atoms with E-state index < -0.39 is 29.9 Å². The minimum atomic E-state index is -0.825. The van der Waals surface area contributed by atoms with Gasteiger partial charge < -0.3 is 21.1 Å². The molecule has 45 heavy (non-hydrogen) atoms. The number of primary amides is 1. The Hall–Kier alpha value is -3.66. The summed E-state index contributed by atoms with van der Waals surface area (Å²) < 4.78 is 5.46. The number of carbonyl (C=O) groups excluding carboxylic acids is 4. The summed E-state index contributed by atoms with van der Waals surface area (Å²) in [5.41, 5.74) is 9.48. The molecule has 1 aliphatic rings. The quantitative estimate of drug-likeness (QED) is 0.214. The molecule has 1 aromatic carbocycles. The Morgan fingerprint density at radius 1 is 1.11 bits per heavy atom. The van der Waals surface area contributed by atoms with Crippen molar-refractivity contribution in [3.63, 3.8) is 0 Å². The topological polar surface area (TPSA) is 143 Å². The van der Waals surface area contributed by atoms with Gasteiger partial charge in [0.25, 0.3) is 5.91 Å². The van der Waals surface area contributed by atoms with Gasteiger partial charge in [-0.1, -0.05) is 78.5 Å². The van der Waals surface area contributed by atoms with Crippen molar-refractivity contribution in [2.75, 3.05) is 13.2 Å². The normalized spacial score (nSPS) is 17.5. The summed E-state index contributed by atoms with van der Waals surface area (Å²) in [7, 11) is 0. The van der Waals surface area contributed by atoms with Crippen LogP contribution in [-0.2, 0) is 25.6 Å². The number of rotatable bonds is 15. The minimum absolute atomic E-state index is 0.0877. The van der Waals surface area contributed by atoms with Gasteiger partial charge in [0.2, 0.25) is 17.7 Å². The van der Waals surface area contributed by atoms with Crippen molar-refractivity contribution in [2.45, 2.75) is 99.2 Å². The molecule has 1 aliphatic heterocycles. The van der Waals surface area contributed by atoms with Crippen molar-refractivity contribution in [3.05, 3.63) is 54.6 Å². The molecule has 0 saturated carbocycles. The lowest BCUT2D eigenvalue weighted by atomic mass is 9.89. The van der Waals surface area contributed by atoms with E-state index in [2.05, 4.69) is 48.6 Å². The molecule has 252 valence electrons. The summed E-state index contributed by atoms with van der Waals surface area (Å²) in [6.07, 6.45) is 8.81. The van der Waals surface area contributed by atoms with Crippen LogP contribution in [0.15, 0.2) is 49.1 Å². The van der Waals surface area contributed by atoms with E-state index >= 15 is 0 Å². The number of allylic oxidation sites excluding steroid dienone is 2. The first-order chi connectivity index (χ1) is 21.2. The average molecular weight is 628 g/mol. The van der Waals surface area contributed by atoms with Gasteiger partial charge in [-0.3, -0.25) is 24.2 Å². The van der Waals surface area contributed by atoms with Crippen LogP contribution in [0.2, 0.25) is 0 Å². The van der Waals surface area contributed by atoms with Gasteiger partial charge in [0.15, 0.2) is 0 Å². The molecule has 0 bridgehead atoms. The van der Waals surface area contributed by atoms with E-state index in [1.165, 1.54) is 10.6 Å². The maximum Gasteiger partial charge on any atom is 0.258 e. The van der Waals surface area contributed by atoms with Crippen molar-refractivity contribution in [1.82, 2.24) is 21.1 Å². The van der Waals surface area contributed by atoms with Gasteiger partial charge in [0.05, 0.1) is 0 Å². The predicted octanol–water partition coefficient (Wildman–Crippen LogP) is 4.30. The van der Waals surface area contributed by atoms with Crippen LogP contribution in [0, 0.1) is 23.7 Å². The second-order valence-corrected chi connectivity index (χ2v) is 12.4. The first kappa shape index (κ1) is 39.4. The number of hydrazine groups is 1. The fourth-order valence-corrected chi connectivity index (χ4v) is 5.06. The van der Waals surface area contributed by atoms with Crippen molar-refractivity contribution in [1.29, 1.82) is 0 Å². The van der Waals surface area contributed by atoms with Gasteiger partial charge in [-0.2, -0.15) is 0 Å². The number of nitrogens with two attached hydrogens (primary N) is 1. The molecule has 10 nitrogen and oxygen atoms in total. The minimum Gasteiger partial charge on any atom is -0.490 e. The number of ether oxygens (including phenoxy) is 1. The van der Waals surface area contributed by atoms with Gasteiger partial charge in [0.1, 0.15) is 30.5 Å². The second kappa shape index (κ2) is 20.4.